The number of urea groups is 1. The Kier molecular flexibility index (Phi) is 5.59. The summed E-state index contributed by atoms with van der Waals surface area (Å²) in [5, 5.41) is 11.7. The average Bonchev–Trinajstić information content (AvgIpc) is 3.24. The van der Waals surface area contributed by atoms with Crippen LogP contribution in [0.4, 0.5) is 4.79 Å². The van der Waals surface area contributed by atoms with Gasteiger partial charge in [0, 0.05) is 37.7 Å². The van der Waals surface area contributed by atoms with Crippen molar-refractivity contribution in [1.82, 2.24) is 29.8 Å². The first-order valence-electron chi connectivity index (χ1n) is 9.04. The highest BCUT2D eigenvalue weighted by atomic mass is 16.2. The summed E-state index contributed by atoms with van der Waals surface area (Å²) in [5.41, 5.74) is 4.13. The highest BCUT2D eigenvalue weighted by Crippen LogP contribution is 2.15. The van der Waals surface area contributed by atoms with E-state index in [0.29, 0.717) is 13.1 Å². The highest BCUT2D eigenvalue weighted by molar-refractivity contribution is 5.74. The van der Waals surface area contributed by atoms with Gasteiger partial charge in [0.15, 0.2) is 0 Å². The number of nitrogens with one attached hydrogen (secondary N) is 1. The fraction of sp³-hybridized carbons (Fsp3) is 0.350. The van der Waals surface area contributed by atoms with Gasteiger partial charge in [-0.1, -0.05) is 12.1 Å². The van der Waals surface area contributed by atoms with E-state index in [1.165, 1.54) is 0 Å². The van der Waals surface area contributed by atoms with Gasteiger partial charge in [0.05, 0.1) is 17.9 Å². The Hall–Kier alpha value is -3.09. The van der Waals surface area contributed by atoms with E-state index in [2.05, 4.69) is 21.6 Å². The van der Waals surface area contributed by atoms with Gasteiger partial charge < -0.3 is 10.2 Å². The number of amides is 2. The number of carbonyl (C=O) groups is 1. The number of rotatable bonds is 6. The molecule has 3 aromatic rings. The first kappa shape index (κ1) is 18.7. The summed E-state index contributed by atoms with van der Waals surface area (Å²) in [7, 11) is 1.80. The largest absolute Gasteiger partial charge is 0.334 e. The summed E-state index contributed by atoms with van der Waals surface area (Å²) in [6.45, 7) is 7.15. The zero-order chi connectivity index (χ0) is 19.4. The molecule has 2 aromatic heterocycles. The van der Waals surface area contributed by atoms with Gasteiger partial charge in [-0.05, 0) is 50.6 Å². The van der Waals surface area contributed by atoms with Gasteiger partial charge in [-0.15, -0.1) is 0 Å². The van der Waals surface area contributed by atoms with Crippen molar-refractivity contribution >= 4 is 6.03 Å². The Morgan fingerprint density at radius 2 is 2.07 bits per heavy atom. The molecule has 1 atom stereocenters. The van der Waals surface area contributed by atoms with Crippen molar-refractivity contribution in [3.05, 3.63) is 65.7 Å². The van der Waals surface area contributed by atoms with Gasteiger partial charge >= 0.3 is 6.03 Å². The Balaban J connectivity index is 1.61. The van der Waals surface area contributed by atoms with Crippen molar-refractivity contribution in [2.24, 2.45) is 0 Å². The predicted molar refractivity (Wildman–Crippen MR) is 105 cm³/mol. The molecule has 2 heterocycles. The smallest absolute Gasteiger partial charge is 0.317 e. The van der Waals surface area contributed by atoms with Crippen LogP contribution < -0.4 is 5.32 Å². The molecule has 0 unspecified atom stereocenters. The number of hydrogen-bond donors (Lipinski definition) is 1. The molecule has 1 aromatic carbocycles. The summed E-state index contributed by atoms with van der Waals surface area (Å²) >= 11 is 0. The van der Waals surface area contributed by atoms with Crippen LogP contribution in [0, 0.1) is 13.8 Å². The van der Waals surface area contributed by atoms with Crippen molar-refractivity contribution in [3.63, 3.8) is 0 Å². The first-order valence-corrected chi connectivity index (χ1v) is 9.04. The van der Waals surface area contributed by atoms with Crippen LogP contribution in [0.15, 0.2) is 48.8 Å². The fourth-order valence-corrected chi connectivity index (χ4v) is 3.08. The number of carbonyl (C=O) groups excluding carboxylic acids is 1. The molecule has 27 heavy (non-hydrogen) atoms. The molecule has 0 aliphatic carbocycles. The first-order chi connectivity index (χ1) is 12.9. The Morgan fingerprint density at radius 1 is 1.26 bits per heavy atom. The van der Waals surface area contributed by atoms with Gasteiger partial charge in [0.1, 0.15) is 0 Å². The van der Waals surface area contributed by atoms with Crippen LogP contribution in [0.5, 0.6) is 0 Å². The Morgan fingerprint density at radius 3 is 2.74 bits per heavy atom. The molecule has 0 spiro atoms. The molecule has 0 radical (unpaired) electrons. The van der Waals surface area contributed by atoms with E-state index >= 15 is 0 Å². The monoisotopic (exact) mass is 366 g/mol. The minimum atomic E-state index is -0.105. The third-order valence-electron chi connectivity index (χ3n) is 4.32. The third kappa shape index (κ3) is 4.75. The number of aryl methyl sites for hydroxylation is 2. The minimum Gasteiger partial charge on any atom is -0.334 e. The quantitative estimate of drug-likeness (QED) is 0.729. The molecule has 0 bridgehead atoms. The van der Waals surface area contributed by atoms with E-state index < -0.39 is 0 Å². The SMILES string of the molecule is Cc1cc(C)n(-c2cccc(CN(C)C(=O)N[C@@H](C)Cn3cccn3)c2)n1. The van der Waals surface area contributed by atoms with Gasteiger partial charge in [0.2, 0.25) is 0 Å². The second-order valence-electron chi connectivity index (χ2n) is 6.94. The topological polar surface area (TPSA) is 68.0 Å². The predicted octanol–water partition coefficient (Wildman–Crippen LogP) is 2.92. The van der Waals surface area contributed by atoms with Crippen molar-refractivity contribution in [2.45, 2.75) is 39.9 Å². The lowest BCUT2D eigenvalue weighted by atomic mass is 10.2. The van der Waals surface area contributed by atoms with Gasteiger partial charge in [0.25, 0.3) is 0 Å². The third-order valence-corrected chi connectivity index (χ3v) is 4.32. The molecule has 0 aliphatic heterocycles. The molecule has 7 nitrogen and oxygen atoms in total. The summed E-state index contributed by atoms with van der Waals surface area (Å²) in [5.74, 6) is 0. The van der Waals surface area contributed by atoms with Gasteiger partial charge in [-0.25, -0.2) is 9.48 Å². The molecule has 0 saturated carbocycles. The van der Waals surface area contributed by atoms with Crippen LogP contribution in [-0.4, -0.2) is 43.6 Å². The zero-order valence-corrected chi connectivity index (χ0v) is 16.3. The number of hydrogen-bond acceptors (Lipinski definition) is 3. The normalized spacial score (nSPS) is 12.0. The van der Waals surface area contributed by atoms with Crippen LogP contribution >= 0.6 is 0 Å². The van der Waals surface area contributed by atoms with E-state index in [1.54, 1.807) is 18.1 Å². The highest BCUT2D eigenvalue weighted by Gasteiger charge is 2.13. The van der Waals surface area contributed by atoms with E-state index in [9.17, 15) is 4.79 Å². The molecule has 1 N–H and O–H groups in total. The summed E-state index contributed by atoms with van der Waals surface area (Å²) in [4.78, 5) is 14.1. The maximum atomic E-state index is 12.5. The van der Waals surface area contributed by atoms with E-state index in [-0.39, 0.29) is 12.1 Å². The summed E-state index contributed by atoms with van der Waals surface area (Å²) < 4.78 is 3.73. The van der Waals surface area contributed by atoms with Gasteiger partial charge in [-0.2, -0.15) is 10.2 Å². The second-order valence-corrected chi connectivity index (χ2v) is 6.94. The maximum Gasteiger partial charge on any atom is 0.317 e. The van der Waals surface area contributed by atoms with Crippen LogP contribution in [0.1, 0.15) is 23.9 Å². The lowest BCUT2D eigenvalue weighted by molar-refractivity contribution is 0.202. The number of nitrogens with zero attached hydrogens (tertiary/aromatic N) is 5. The molecule has 3 rings (SSSR count). The number of aromatic nitrogens is 4. The van der Waals surface area contributed by atoms with Crippen molar-refractivity contribution in [3.8, 4) is 5.69 Å². The lowest BCUT2D eigenvalue weighted by Crippen LogP contribution is -2.43. The molecular formula is C20H26N6O. The van der Waals surface area contributed by atoms with Crippen LogP contribution in [0.25, 0.3) is 5.69 Å². The molecular weight excluding hydrogens is 340 g/mol. The minimum absolute atomic E-state index is 0.0131. The Labute approximate surface area is 159 Å². The maximum absolute atomic E-state index is 12.5. The van der Waals surface area contributed by atoms with Crippen LogP contribution in [-0.2, 0) is 13.1 Å². The Bertz CT molecular complexity index is 899. The molecule has 0 saturated heterocycles. The van der Waals surface area contributed by atoms with E-state index in [4.69, 9.17) is 0 Å². The standard InChI is InChI=1S/C20H26N6O/c1-15-11-17(3)26(23-15)19-8-5-7-18(12-19)14-24(4)20(27)22-16(2)13-25-10-6-9-21-25/h5-12,16H,13-14H2,1-4H3,(H,22,27)/t16-/m0/s1. The van der Waals surface area contributed by atoms with E-state index in [0.717, 1.165) is 22.6 Å². The van der Waals surface area contributed by atoms with Crippen LogP contribution in [0.3, 0.4) is 0 Å². The lowest BCUT2D eigenvalue weighted by Gasteiger charge is -2.22. The second kappa shape index (κ2) is 8.07. The molecule has 0 fully saturated rings. The summed E-state index contributed by atoms with van der Waals surface area (Å²) in [6, 6.07) is 11.9. The molecule has 0 aliphatic rings. The number of benzene rings is 1. The van der Waals surface area contributed by atoms with Crippen molar-refractivity contribution in [1.29, 1.82) is 0 Å². The van der Waals surface area contributed by atoms with E-state index in [1.807, 2.05) is 66.7 Å². The zero-order valence-electron chi connectivity index (χ0n) is 16.3. The van der Waals surface area contributed by atoms with Gasteiger partial charge in [-0.3, -0.25) is 4.68 Å². The fourth-order valence-electron chi connectivity index (χ4n) is 3.08. The molecule has 7 heteroatoms. The van der Waals surface area contributed by atoms with Crippen molar-refractivity contribution in [2.75, 3.05) is 7.05 Å². The average molecular weight is 366 g/mol. The van der Waals surface area contributed by atoms with Crippen LogP contribution in [0.2, 0.25) is 0 Å². The molecule has 2 amide bonds. The molecule has 142 valence electrons. The van der Waals surface area contributed by atoms with Crippen molar-refractivity contribution < 1.29 is 4.79 Å². The summed E-state index contributed by atoms with van der Waals surface area (Å²) in [6.07, 6.45) is 3.62.